The number of benzene rings is 2. The maximum Gasteiger partial charge on any atom is 0.340 e. The lowest BCUT2D eigenvalue weighted by Crippen LogP contribution is -2.28. The molecule has 0 aliphatic carbocycles. The number of hydrogen-bond donors (Lipinski definition) is 1. The SMILES string of the molecule is CCCCOC(=O)c1ccccc1NC(=O)C1CC(=O)N(Cc2ccc3c(c2)OCO3)C1. The zero-order chi connectivity index (χ0) is 22.5. The molecule has 2 aromatic carbocycles. The number of carbonyl (C=O) groups is 3. The third kappa shape index (κ3) is 4.85. The fourth-order valence-electron chi connectivity index (χ4n) is 3.75. The number of fused-ring (bicyclic) bond motifs is 1. The molecule has 2 aromatic rings. The Kier molecular flexibility index (Phi) is 6.58. The van der Waals surface area contributed by atoms with Crippen molar-refractivity contribution in [3.63, 3.8) is 0 Å². The van der Waals surface area contributed by atoms with E-state index in [1.165, 1.54) is 0 Å². The Morgan fingerprint density at radius 1 is 1.16 bits per heavy atom. The van der Waals surface area contributed by atoms with Gasteiger partial charge in [0.2, 0.25) is 18.6 Å². The van der Waals surface area contributed by atoms with Crippen LogP contribution in [-0.4, -0.2) is 42.6 Å². The third-order valence-corrected chi connectivity index (χ3v) is 5.53. The van der Waals surface area contributed by atoms with Crippen LogP contribution in [0.2, 0.25) is 0 Å². The lowest BCUT2D eigenvalue weighted by molar-refractivity contribution is -0.128. The molecule has 2 aliphatic heterocycles. The second-order valence-corrected chi connectivity index (χ2v) is 7.89. The van der Waals surface area contributed by atoms with Crippen molar-refractivity contribution < 1.29 is 28.6 Å². The maximum atomic E-state index is 12.9. The van der Waals surface area contributed by atoms with Gasteiger partial charge < -0.3 is 24.4 Å². The lowest BCUT2D eigenvalue weighted by Gasteiger charge is -2.17. The Hall–Kier alpha value is -3.55. The highest BCUT2D eigenvalue weighted by Crippen LogP contribution is 2.33. The Morgan fingerprint density at radius 2 is 1.97 bits per heavy atom. The zero-order valence-electron chi connectivity index (χ0n) is 18.0. The summed E-state index contributed by atoms with van der Waals surface area (Å²) in [7, 11) is 0. The molecular formula is C24H26N2O6. The van der Waals surface area contributed by atoms with Crippen LogP contribution in [0, 0.1) is 5.92 Å². The van der Waals surface area contributed by atoms with Crippen LogP contribution in [0.4, 0.5) is 5.69 Å². The first kappa shape index (κ1) is 21.7. The van der Waals surface area contributed by atoms with Crippen LogP contribution >= 0.6 is 0 Å². The number of para-hydroxylation sites is 1. The molecule has 1 N–H and O–H groups in total. The normalized spacial score (nSPS) is 16.8. The van der Waals surface area contributed by atoms with Crippen molar-refractivity contribution in [2.45, 2.75) is 32.7 Å². The van der Waals surface area contributed by atoms with Crippen molar-refractivity contribution >= 4 is 23.5 Å². The second-order valence-electron chi connectivity index (χ2n) is 7.89. The molecule has 0 saturated carbocycles. The molecule has 1 fully saturated rings. The second kappa shape index (κ2) is 9.72. The minimum absolute atomic E-state index is 0.0879. The van der Waals surface area contributed by atoms with Crippen molar-refractivity contribution in [1.29, 1.82) is 0 Å². The fourth-order valence-corrected chi connectivity index (χ4v) is 3.75. The number of amides is 2. The van der Waals surface area contributed by atoms with E-state index in [0.29, 0.717) is 42.4 Å². The van der Waals surface area contributed by atoms with Gasteiger partial charge in [-0.3, -0.25) is 9.59 Å². The number of anilines is 1. The van der Waals surface area contributed by atoms with Crippen LogP contribution in [0.1, 0.15) is 42.1 Å². The van der Waals surface area contributed by atoms with Crippen LogP contribution in [0.3, 0.4) is 0 Å². The van der Waals surface area contributed by atoms with Gasteiger partial charge in [-0.15, -0.1) is 0 Å². The van der Waals surface area contributed by atoms with Crippen molar-refractivity contribution in [3.8, 4) is 11.5 Å². The molecular weight excluding hydrogens is 412 g/mol. The number of nitrogens with one attached hydrogen (secondary N) is 1. The fraction of sp³-hybridized carbons (Fsp3) is 0.375. The van der Waals surface area contributed by atoms with E-state index in [-0.39, 0.29) is 25.0 Å². The quantitative estimate of drug-likeness (QED) is 0.502. The summed E-state index contributed by atoms with van der Waals surface area (Å²) in [6.07, 6.45) is 1.83. The van der Waals surface area contributed by atoms with E-state index in [1.54, 1.807) is 29.2 Å². The summed E-state index contributed by atoms with van der Waals surface area (Å²) in [6, 6.07) is 12.3. The Balaban J connectivity index is 1.37. The Bertz CT molecular complexity index is 1020. The van der Waals surface area contributed by atoms with Gasteiger partial charge in [0.1, 0.15) is 0 Å². The highest BCUT2D eigenvalue weighted by Gasteiger charge is 2.35. The molecule has 0 radical (unpaired) electrons. The van der Waals surface area contributed by atoms with Crippen LogP contribution in [0.5, 0.6) is 11.5 Å². The molecule has 0 bridgehead atoms. The smallest absolute Gasteiger partial charge is 0.340 e. The van der Waals surface area contributed by atoms with E-state index < -0.39 is 11.9 Å². The van der Waals surface area contributed by atoms with Crippen LogP contribution in [-0.2, 0) is 20.9 Å². The number of esters is 1. The first-order valence-corrected chi connectivity index (χ1v) is 10.8. The average molecular weight is 438 g/mol. The summed E-state index contributed by atoms with van der Waals surface area (Å²) in [5.41, 5.74) is 1.60. The van der Waals surface area contributed by atoms with E-state index in [9.17, 15) is 14.4 Å². The predicted octanol–water partition coefficient (Wildman–Crippen LogP) is 3.36. The maximum absolute atomic E-state index is 12.9. The number of hydrogen-bond acceptors (Lipinski definition) is 6. The van der Waals surface area contributed by atoms with Gasteiger partial charge in [0, 0.05) is 19.5 Å². The van der Waals surface area contributed by atoms with E-state index in [4.69, 9.17) is 14.2 Å². The Morgan fingerprint density at radius 3 is 2.81 bits per heavy atom. The molecule has 8 heteroatoms. The largest absolute Gasteiger partial charge is 0.462 e. The average Bonchev–Trinajstić information content (AvgIpc) is 3.40. The zero-order valence-corrected chi connectivity index (χ0v) is 18.0. The molecule has 1 saturated heterocycles. The van der Waals surface area contributed by atoms with Gasteiger partial charge in [-0.1, -0.05) is 31.5 Å². The van der Waals surface area contributed by atoms with Crippen molar-refractivity contribution in [1.82, 2.24) is 4.90 Å². The predicted molar refractivity (Wildman–Crippen MR) is 116 cm³/mol. The highest BCUT2D eigenvalue weighted by atomic mass is 16.7. The molecule has 2 heterocycles. The highest BCUT2D eigenvalue weighted by molar-refractivity contribution is 6.03. The van der Waals surface area contributed by atoms with Crippen LogP contribution in [0.15, 0.2) is 42.5 Å². The van der Waals surface area contributed by atoms with Gasteiger partial charge in [-0.2, -0.15) is 0 Å². The number of unbranched alkanes of at least 4 members (excludes halogenated alkanes) is 1. The molecule has 168 valence electrons. The van der Waals surface area contributed by atoms with Crippen LogP contribution < -0.4 is 14.8 Å². The van der Waals surface area contributed by atoms with E-state index in [1.807, 2.05) is 25.1 Å². The molecule has 32 heavy (non-hydrogen) atoms. The molecule has 0 aromatic heterocycles. The summed E-state index contributed by atoms with van der Waals surface area (Å²) in [5.74, 6) is -0.00566. The standard InChI is InChI=1S/C24H26N2O6/c1-2-3-10-30-24(29)18-6-4-5-7-19(18)25-23(28)17-12-22(27)26(14-17)13-16-8-9-20-21(11-16)32-15-31-20/h4-9,11,17H,2-3,10,12-15H2,1H3,(H,25,28). The molecule has 1 atom stereocenters. The van der Waals surface area contributed by atoms with E-state index >= 15 is 0 Å². The minimum Gasteiger partial charge on any atom is -0.462 e. The van der Waals surface area contributed by atoms with Crippen molar-refractivity contribution in [2.75, 3.05) is 25.3 Å². The molecule has 2 amide bonds. The van der Waals surface area contributed by atoms with Gasteiger partial charge in [0.05, 0.1) is 23.8 Å². The summed E-state index contributed by atoms with van der Waals surface area (Å²) in [5, 5.41) is 2.81. The van der Waals surface area contributed by atoms with Gasteiger partial charge in [0.25, 0.3) is 0 Å². The summed E-state index contributed by atoms with van der Waals surface area (Å²) in [4.78, 5) is 39.4. The van der Waals surface area contributed by atoms with Gasteiger partial charge in [-0.25, -0.2) is 4.79 Å². The molecule has 8 nitrogen and oxygen atoms in total. The van der Waals surface area contributed by atoms with Crippen molar-refractivity contribution in [3.05, 3.63) is 53.6 Å². The van der Waals surface area contributed by atoms with Crippen LogP contribution in [0.25, 0.3) is 0 Å². The molecule has 2 aliphatic rings. The number of nitrogens with zero attached hydrogens (tertiary/aromatic N) is 1. The minimum atomic E-state index is -0.499. The van der Waals surface area contributed by atoms with Gasteiger partial charge in [-0.05, 0) is 36.2 Å². The number of ether oxygens (including phenoxy) is 3. The monoisotopic (exact) mass is 438 g/mol. The summed E-state index contributed by atoms with van der Waals surface area (Å²) >= 11 is 0. The molecule has 0 spiro atoms. The van der Waals surface area contributed by atoms with E-state index in [2.05, 4.69) is 5.32 Å². The number of rotatable bonds is 8. The van der Waals surface area contributed by atoms with Gasteiger partial charge >= 0.3 is 5.97 Å². The summed E-state index contributed by atoms with van der Waals surface area (Å²) < 4.78 is 16.0. The van der Waals surface area contributed by atoms with Gasteiger partial charge in [0.15, 0.2) is 11.5 Å². The number of carbonyl (C=O) groups excluding carboxylic acids is 3. The lowest BCUT2D eigenvalue weighted by atomic mass is 10.1. The summed E-state index contributed by atoms with van der Waals surface area (Å²) in [6.45, 7) is 3.24. The van der Waals surface area contributed by atoms with E-state index in [0.717, 1.165) is 18.4 Å². The first-order valence-electron chi connectivity index (χ1n) is 10.8. The first-order chi connectivity index (χ1) is 15.5. The third-order valence-electron chi connectivity index (χ3n) is 5.53. The molecule has 1 unspecified atom stereocenters. The topological polar surface area (TPSA) is 94.2 Å². The number of likely N-dealkylation sites (tertiary alicyclic amines) is 1. The van der Waals surface area contributed by atoms with Crippen molar-refractivity contribution in [2.24, 2.45) is 5.92 Å². The Labute approximate surface area is 186 Å². The molecule has 4 rings (SSSR count).